The van der Waals surface area contributed by atoms with Gasteiger partial charge in [-0.25, -0.2) is 0 Å². The molecule has 0 N–H and O–H groups in total. The van der Waals surface area contributed by atoms with Crippen LogP contribution in [0.2, 0.25) is 0 Å². The minimum absolute atomic E-state index is 0. The second-order valence-electron chi connectivity index (χ2n) is 3.27. The van der Waals surface area contributed by atoms with Crippen LogP contribution in [0.15, 0.2) is 0 Å². The van der Waals surface area contributed by atoms with Gasteiger partial charge < -0.3 is 0 Å². The van der Waals surface area contributed by atoms with E-state index in [-0.39, 0.29) is 17.4 Å². The molecule has 0 bridgehead atoms. The van der Waals surface area contributed by atoms with E-state index in [0.717, 1.165) is 0 Å². The molecule has 0 saturated carbocycles. The molecule has 0 fully saturated rings. The first-order valence-corrected chi connectivity index (χ1v) is 3.62. The summed E-state index contributed by atoms with van der Waals surface area (Å²) >= 11 is 0. The molecule has 0 rings (SSSR count). The molecule has 0 aliphatic heterocycles. The third kappa shape index (κ3) is 6.42. The average Bonchev–Trinajstić information content (AvgIpc) is 1.67. The third-order valence-electron chi connectivity index (χ3n) is 1.88. The smallest absolute Gasteiger partial charge is 0.0654 e. The van der Waals surface area contributed by atoms with Crippen LogP contribution in [0, 0.1) is 5.41 Å². The molecule has 0 aliphatic carbocycles. The van der Waals surface area contributed by atoms with Crippen molar-refractivity contribution in [3.8, 4) is 0 Å². The largest absolute Gasteiger partial charge is 0.187 e. The minimum atomic E-state index is 0. The van der Waals surface area contributed by atoms with E-state index in [1.54, 1.807) is 0 Å². The summed E-state index contributed by atoms with van der Waals surface area (Å²) in [5.41, 5.74) is 0.592. The highest BCUT2D eigenvalue weighted by molar-refractivity contribution is 5.75. The van der Waals surface area contributed by atoms with E-state index in [1.807, 2.05) is 0 Å². The van der Waals surface area contributed by atoms with Crippen molar-refractivity contribution in [2.24, 2.45) is 5.41 Å². The van der Waals surface area contributed by atoms with E-state index in [9.17, 15) is 0 Å². The summed E-state index contributed by atoms with van der Waals surface area (Å²) < 4.78 is 0. The Balaban J connectivity index is 0. The van der Waals surface area contributed by atoms with E-state index < -0.39 is 0 Å². The molecule has 9 heavy (non-hydrogen) atoms. The molecule has 0 radical (unpaired) electrons. The third-order valence-corrected chi connectivity index (χ3v) is 1.88. The van der Waals surface area contributed by atoms with Crippen molar-refractivity contribution >= 4 is 17.4 Å². The lowest BCUT2D eigenvalue weighted by Crippen LogP contribution is -2.07. The molecular weight excluding hydrogens is 123 g/mol. The Morgan fingerprint density at radius 2 is 1.56 bits per heavy atom. The van der Waals surface area contributed by atoms with E-state index in [1.165, 1.54) is 19.3 Å². The van der Waals surface area contributed by atoms with Gasteiger partial charge in [0.25, 0.3) is 0 Å². The van der Waals surface area contributed by atoms with Crippen LogP contribution in [-0.2, 0) is 0 Å². The topological polar surface area (TPSA) is 0 Å². The molecule has 0 saturated heterocycles. The van der Waals surface area contributed by atoms with Gasteiger partial charge in [0, 0.05) is 0 Å². The van der Waals surface area contributed by atoms with E-state index in [0.29, 0.717) is 5.41 Å². The van der Waals surface area contributed by atoms with Crippen molar-refractivity contribution in [1.82, 2.24) is 0 Å². The van der Waals surface area contributed by atoms with E-state index in [4.69, 9.17) is 0 Å². The Morgan fingerprint density at radius 3 is 1.67 bits per heavy atom. The second kappa shape index (κ2) is 5.33. The Hall–Kier alpha value is 0.532. The van der Waals surface area contributed by atoms with Crippen LogP contribution in [-0.4, -0.2) is 17.4 Å². The lowest BCUT2D eigenvalue weighted by molar-refractivity contribution is 0.319. The maximum absolute atomic E-state index is 2.33. The molecule has 0 aliphatic rings. The van der Waals surface area contributed by atoms with Gasteiger partial charge >= 0.3 is 0 Å². The summed E-state index contributed by atoms with van der Waals surface area (Å²) in [7, 11) is 0. The van der Waals surface area contributed by atoms with Gasteiger partial charge in [0.05, 0.1) is 0 Å². The zero-order valence-corrected chi connectivity index (χ0v) is 6.62. The average molecular weight is 144 g/mol. The summed E-state index contributed by atoms with van der Waals surface area (Å²) in [6, 6.07) is 0. The molecule has 0 atom stereocenters. The first-order valence-electron chi connectivity index (χ1n) is 3.62. The molecule has 1 heteroatoms. The van der Waals surface area contributed by atoms with Crippen LogP contribution in [0.5, 0.6) is 0 Å². The lowest BCUT2D eigenvalue weighted by atomic mass is 9.86. The van der Waals surface area contributed by atoms with Gasteiger partial charge in [0.15, 0.2) is 17.4 Å². The molecule has 0 heterocycles. The van der Waals surface area contributed by atoms with Gasteiger partial charge in [-0.3, -0.25) is 0 Å². The monoisotopic (exact) mass is 144 g/mol. The maximum atomic E-state index is 2.33. The first kappa shape index (κ1) is 12.2. The summed E-state index contributed by atoms with van der Waals surface area (Å²) in [5, 5.41) is 0. The Bertz CT molecular complexity index is 57.6. The fourth-order valence-corrected chi connectivity index (χ4v) is 0.854. The standard InChI is InChI=1S/C8H18.Al.3H/c1-5-7-8(3,4)6-2;;;;/h5-7H2,1-4H3;;;;. The summed E-state index contributed by atoms with van der Waals surface area (Å²) in [6.07, 6.45) is 3.99. The highest BCUT2D eigenvalue weighted by atomic mass is 27.0. The van der Waals surface area contributed by atoms with Crippen LogP contribution in [0.4, 0.5) is 0 Å². The first-order chi connectivity index (χ1) is 3.62. The van der Waals surface area contributed by atoms with E-state index >= 15 is 0 Å². The molecule has 56 valence electrons. The van der Waals surface area contributed by atoms with Gasteiger partial charge in [-0.15, -0.1) is 0 Å². The minimum Gasteiger partial charge on any atom is -0.0654 e. The Labute approximate surface area is 70.2 Å². The molecule has 0 amide bonds. The van der Waals surface area contributed by atoms with Crippen molar-refractivity contribution in [1.29, 1.82) is 0 Å². The molecule has 0 aromatic heterocycles. The normalized spacial score (nSPS) is 10.7. The van der Waals surface area contributed by atoms with Gasteiger partial charge in [-0.2, -0.15) is 0 Å². The highest BCUT2D eigenvalue weighted by Crippen LogP contribution is 2.25. The van der Waals surface area contributed by atoms with Crippen LogP contribution in [0.25, 0.3) is 0 Å². The lowest BCUT2D eigenvalue weighted by Gasteiger charge is -2.20. The van der Waals surface area contributed by atoms with Crippen LogP contribution < -0.4 is 0 Å². The highest BCUT2D eigenvalue weighted by Gasteiger charge is 2.11. The van der Waals surface area contributed by atoms with Crippen LogP contribution in [0.1, 0.15) is 47.0 Å². The Morgan fingerprint density at radius 1 is 1.11 bits per heavy atom. The van der Waals surface area contributed by atoms with Crippen molar-refractivity contribution in [3.05, 3.63) is 0 Å². The quantitative estimate of drug-likeness (QED) is 0.532. The molecule has 0 aromatic carbocycles. The van der Waals surface area contributed by atoms with Crippen molar-refractivity contribution in [2.75, 3.05) is 0 Å². The zero-order chi connectivity index (χ0) is 6.62. The second-order valence-corrected chi connectivity index (χ2v) is 3.27. The molecule has 0 spiro atoms. The number of hydrogen-bond acceptors (Lipinski definition) is 0. The number of rotatable bonds is 3. The molecular formula is C8H21Al. The molecule has 0 aromatic rings. The van der Waals surface area contributed by atoms with Crippen LogP contribution in [0.3, 0.4) is 0 Å². The van der Waals surface area contributed by atoms with Gasteiger partial charge in [0.1, 0.15) is 0 Å². The molecule has 0 nitrogen and oxygen atoms in total. The molecule has 0 unspecified atom stereocenters. The summed E-state index contributed by atoms with van der Waals surface area (Å²) in [6.45, 7) is 9.17. The Kier molecular flexibility index (Phi) is 7.24. The maximum Gasteiger partial charge on any atom is 0.187 e. The van der Waals surface area contributed by atoms with Crippen molar-refractivity contribution in [3.63, 3.8) is 0 Å². The number of hydrogen-bond donors (Lipinski definition) is 0. The summed E-state index contributed by atoms with van der Waals surface area (Å²) in [5.74, 6) is 0. The predicted octanol–water partition coefficient (Wildman–Crippen LogP) is 2.04. The zero-order valence-electron chi connectivity index (χ0n) is 6.62. The van der Waals surface area contributed by atoms with Crippen molar-refractivity contribution in [2.45, 2.75) is 47.0 Å². The SMILES string of the molecule is CCCC(C)(C)CC.[AlH3]. The fourth-order valence-electron chi connectivity index (χ4n) is 0.854. The van der Waals surface area contributed by atoms with Crippen LogP contribution >= 0.6 is 0 Å². The van der Waals surface area contributed by atoms with Gasteiger partial charge in [-0.05, 0) is 11.8 Å². The van der Waals surface area contributed by atoms with Gasteiger partial charge in [-0.1, -0.05) is 40.5 Å². The van der Waals surface area contributed by atoms with Crippen molar-refractivity contribution < 1.29 is 0 Å². The van der Waals surface area contributed by atoms with E-state index in [2.05, 4.69) is 27.7 Å². The van der Waals surface area contributed by atoms with Gasteiger partial charge in [0.2, 0.25) is 0 Å². The fraction of sp³-hybridized carbons (Fsp3) is 1.00. The summed E-state index contributed by atoms with van der Waals surface area (Å²) in [4.78, 5) is 0. The predicted molar refractivity (Wildman–Crippen MR) is 48.9 cm³/mol.